The molecule has 7 nitrogen and oxygen atoms in total. The standard InChI is InChI=1S/C13H15N3O4/c1-13(2,3)12-15-9(20-16-12)7-19-8-5-4-6-14-10(8)11(17)18/h4-6H,7H2,1-3H3,(H,17,18). The Bertz CT molecular complexity index is 616. The lowest BCUT2D eigenvalue weighted by Crippen LogP contribution is -2.13. The van der Waals surface area contributed by atoms with Crippen LogP contribution in [0.4, 0.5) is 0 Å². The maximum absolute atomic E-state index is 11.0. The Kier molecular flexibility index (Phi) is 3.69. The van der Waals surface area contributed by atoms with Crippen LogP contribution in [-0.2, 0) is 12.0 Å². The van der Waals surface area contributed by atoms with Gasteiger partial charge >= 0.3 is 5.97 Å². The number of carboxylic acid groups (broad SMARTS) is 1. The molecule has 0 aliphatic carbocycles. The highest BCUT2D eigenvalue weighted by Crippen LogP contribution is 2.20. The summed E-state index contributed by atoms with van der Waals surface area (Å²) in [4.78, 5) is 18.9. The maximum Gasteiger partial charge on any atom is 0.358 e. The van der Waals surface area contributed by atoms with Gasteiger partial charge in [0, 0.05) is 11.6 Å². The number of ether oxygens (including phenoxy) is 1. The van der Waals surface area contributed by atoms with Crippen molar-refractivity contribution in [2.75, 3.05) is 0 Å². The lowest BCUT2D eigenvalue weighted by atomic mass is 9.96. The fraction of sp³-hybridized carbons (Fsp3) is 0.385. The molecule has 0 saturated heterocycles. The summed E-state index contributed by atoms with van der Waals surface area (Å²) in [6.45, 7) is 5.89. The van der Waals surface area contributed by atoms with Gasteiger partial charge in [-0.2, -0.15) is 4.98 Å². The lowest BCUT2D eigenvalue weighted by molar-refractivity contribution is 0.0684. The van der Waals surface area contributed by atoms with Crippen LogP contribution in [0, 0.1) is 0 Å². The van der Waals surface area contributed by atoms with Crippen LogP contribution in [0.1, 0.15) is 43.0 Å². The Morgan fingerprint density at radius 1 is 1.45 bits per heavy atom. The normalized spacial score (nSPS) is 11.3. The van der Waals surface area contributed by atoms with E-state index in [1.165, 1.54) is 12.3 Å². The highest BCUT2D eigenvalue weighted by Gasteiger charge is 2.21. The van der Waals surface area contributed by atoms with Crippen molar-refractivity contribution in [2.24, 2.45) is 0 Å². The summed E-state index contributed by atoms with van der Waals surface area (Å²) >= 11 is 0. The van der Waals surface area contributed by atoms with Gasteiger partial charge < -0.3 is 14.4 Å². The van der Waals surface area contributed by atoms with Crippen LogP contribution in [-0.4, -0.2) is 26.2 Å². The lowest BCUT2D eigenvalue weighted by Gasteiger charge is -2.10. The van der Waals surface area contributed by atoms with E-state index in [1.54, 1.807) is 6.07 Å². The first-order chi connectivity index (χ1) is 9.38. The predicted octanol–water partition coefficient (Wildman–Crippen LogP) is 2.04. The summed E-state index contributed by atoms with van der Waals surface area (Å²) in [6, 6.07) is 3.12. The van der Waals surface area contributed by atoms with E-state index in [4.69, 9.17) is 14.4 Å². The molecule has 0 aliphatic rings. The first-order valence-corrected chi connectivity index (χ1v) is 6.02. The molecule has 2 aromatic heterocycles. The fourth-order valence-electron chi connectivity index (χ4n) is 1.43. The second-order valence-corrected chi connectivity index (χ2v) is 5.21. The first-order valence-electron chi connectivity index (χ1n) is 6.02. The number of rotatable bonds is 4. The number of nitrogens with zero attached hydrogens (tertiary/aromatic N) is 3. The molecule has 0 bridgehead atoms. The Morgan fingerprint density at radius 3 is 2.80 bits per heavy atom. The number of hydrogen-bond acceptors (Lipinski definition) is 6. The molecule has 0 saturated carbocycles. The molecule has 0 aliphatic heterocycles. The minimum absolute atomic E-state index is 0.00491. The van der Waals surface area contributed by atoms with Crippen molar-refractivity contribution in [3.8, 4) is 5.75 Å². The van der Waals surface area contributed by atoms with Crippen LogP contribution in [0.25, 0.3) is 0 Å². The molecule has 0 spiro atoms. The molecule has 0 amide bonds. The summed E-state index contributed by atoms with van der Waals surface area (Å²) in [7, 11) is 0. The number of carbonyl (C=O) groups is 1. The van der Waals surface area contributed by atoms with Gasteiger partial charge in [-0.05, 0) is 12.1 Å². The van der Waals surface area contributed by atoms with Crippen molar-refractivity contribution >= 4 is 5.97 Å². The molecule has 0 unspecified atom stereocenters. The summed E-state index contributed by atoms with van der Waals surface area (Å²) in [5.41, 5.74) is -0.370. The van der Waals surface area contributed by atoms with Gasteiger partial charge in [-0.15, -0.1) is 0 Å². The smallest absolute Gasteiger partial charge is 0.358 e. The van der Waals surface area contributed by atoms with Gasteiger partial charge in [0.1, 0.15) is 0 Å². The molecule has 7 heteroatoms. The molecule has 0 radical (unpaired) electrons. The molecule has 2 aromatic rings. The largest absolute Gasteiger partial charge is 0.481 e. The van der Waals surface area contributed by atoms with Crippen molar-refractivity contribution in [3.63, 3.8) is 0 Å². The average Bonchev–Trinajstić information content (AvgIpc) is 2.85. The Balaban J connectivity index is 2.10. The van der Waals surface area contributed by atoms with Crippen molar-refractivity contribution in [3.05, 3.63) is 35.7 Å². The number of aromatic nitrogens is 3. The maximum atomic E-state index is 11.0. The number of pyridine rings is 1. The number of carboxylic acids is 1. The second-order valence-electron chi connectivity index (χ2n) is 5.21. The van der Waals surface area contributed by atoms with Crippen LogP contribution in [0.3, 0.4) is 0 Å². The second kappa shape index (κ2) is 5.28. The van der Waals surface area contributed by atoms with Crippen LogP contribution in [0.15, 0.2) is 22.9 Å². The zero-order valence-electron chi connectivity index (χ0n) is 11.5. The van der Waals surface area contributed by atoms with Gasteiger partial charge in [0.25, 0.3) is 5.89 Å². The van der Waals surface area contributed by atoms with Crippen LogP contribution < -0.4 is 4.74 Å². The number of aromatic carboxylic acids is 1. The van der Waals surface area contributed by atoms with Gasteiger partial charge in [0.15, 0.2) is 23.9 Å². The van der Waals surface area contributed by atoms with E-state index in [1.807, 2.05) is 20.8 Å². The van der Waals surface area contributed by atoms with Crippen molar-refractivity contribution in [1.29, 1.82) is 0 Å². The zero-order chi connectivity index (χ0) is 14.8. The predicted molar refractivity (Wildman–Crippen MR) is 68.5 cm³/mol. The molecule has 0 fully saturated rings. The molecule has 106 valence electrons. The Morgan fingerprint density at radius 2 is 2.20 bits per heavy atom. The minimum Gasteiger partial charge on any atom is -0.481 e. The average molecular weight is 277 g/mol. The van der Waals surface area contributed by atoms with Gasteiger partial charge in [0.2, 0.25) is 0 Å². The summed E-state index contributed by atoms with van der Waals surface area (Å²) in [5, 5.41) is 12.8. The van der Waals surface area contributed by atoms with E-state index in [2.05, 4.69) is 15.1 Å². The fourth-order valence-corrected chi connectivity index (χ4v) is 1.43. The molecule has 2 rings (SSSR count). The first kappa shape index (κ1) is 14.0. The Hall–Kier alpha value is -2.44. The molecule has 2 heterocycles. The van der Waals surface area contributed by atoms with Gasteiger partial charge in [-0.3, -0.25) is 0 Å². The van der Waals surface area contributed by atoms with Crippen molar-refractivity contribution < 1.29 is 19.2 Å². The number of hydrogen-bond donors (Lipinski definition) is 1. The third-order valence-electron chi connectivity index (χ3n) is 2.46. The third kappa shape index (κ3) is 3.11. The van der Waals surface area contributed by atoms with E-state index < -0.39 is 5.97 Å². The van der Waals surface area contributed by atoms with Gasteiger partial charge in [-0.1, -0.05) is 25.9 Å². The van der Waals surface area contributed by atoms with Crippen LogP contribution >= 0.6 is 0 Å². The van der Waals surface area contributed by atoms with Gasteiger partial charge in [-0.25, -0.2) is 9.78 Å². The molecular formula is C13H15N3O4. The topological polar surface area (TPSA) is 98.3 Å². The van der Waals surface area contributed by atoms with Crippen molar-refractivity contribution in [1.82, 2.24) is 15.1 Å². The highest BCUT2D eigenvalue weighted by atomic mass is 16.5. The zero-order valence-corrected chi connectivity index (χ0v) is 11.5. The van der Waals surface area contributed by atoms with E-state index in [-0.39, 0.29) is 29.4 Å². The van der Waals surface area contributed by atoms with E-state index >= 15 is 0 Å². The molecule has 0 atom stereocenters. The SMILES string of the molecule is CC(C)(C)c1noc(COc2cccnc2C(=O)O)n1. The van der Waals surface area contributed by atoms with E-state index in [9.17, 15) is 4.79 Å². The summed E-state index contributed by atoms with van der Waals surface area (Å²) < 4.78 is 10.4. The third-order valence-corrected chi connectivity index (χ3v) is 2.46. The van der Waals surface area contributed by atoms with Crippen LogP contribution in [0.5, 0.6) is 5.75 Å². The quantitative estimate of drug-likeness (QED) is 0.912. The monoisotopic (exact) mass is 277 g/mol. The van der Waals surface area contributed by atoms with Gasteiger partial charge in [0.05, 0.1) is 0 Å². The van der Waals surface area contributed by atoms with E-state index in [0.717, 1.165) is 0 Å². The summed E-state index contributed by atoms with van der Waals surface area (Å²) in [5.74, 6) is -0.132. The molecule has 0 aromatic carbocycles. The minimum atomic E-state index is -1.15. The van der Waals surface area contributed by atoms with Crippen LogP contribution in [0.2, 0.25) is 0 Å². The molecule has 20 heavy (non-hydrogen) atoms. The molecular weight excluding hydrogens is 262 g/mol. The molecule has 1 N–H and O–H groups in total. The Labute approximate surface area is 115 Å². The summed E-state index contributed by atoms with van der Waals surface area (Å²) in [6.07, 6.45) is 1.39. The highest BCUT2D eigenvalue weighted by molar-refractivity contribution is 5.88. The van der Waals surface area contributed by atoms with Crippen molar-refractivity contribution in [2.45, 2.75) is 32.8 Å². The van der Waals surface area contributed by atoms with E-state index in [0.29, 0.717) is 5.82 Å².